The third kappa shape index (κ3) is 4.92. The van der Waals surface area contributed by atoms with E-state index in [9.17, 15) is 4.79 Å². The normalized spacial score (nSPS) is 10.2. The summed E-state index contributed by atoms with van der Waals surface area (Å²) in [5.74, 6) is 1.75. The van der Waals surface area contributed by atoms with E-state index in [1.54, 1.807) is 57.7 Å². The average Bonchev–Trinajstić information content (AvgIpc) is 2.74. The van der Waals surface area contributed by atoms with Crippen LogP contribution >= 0.6 is 0 Å². The molecule has 0 saturated heterocycles. The fourth-order valence-corrected chi connectivity index (χ4v) is 2.65. The summed E-state index contributed by atoms with van der Waals surface area (Å²) in [4.78, 5) is 20.8. The van der Waals surface area contributed by atoms with Crippen molar-refractivity contribution in [2.24, 2.45) is 0 Å². The van der Waals surface area contributed by atoms with Crippen molar-refractivity contribution in [1.29, 1.82) is 0 Å². The summed E-state index contributed by atoms with van der Waals surface area (Å²) < 4.78 is 15.7. The first-order valence-electron chi connectivity index (χ1n) is 9.00. The molecule has 0 spiro atoms. The van der Waals surface area contributed by atoms with Crippen molar-refractivity contribution in [3.8, 4) is 11.5 Å². The topological polar surface area (TPSA) is 94.6 Å². The van der Waals surface area contributed by atoms with Crippen molar-refractivity contribution in [1.82, 2.24) is 9.97 Å². The number of carbonyl (C=O) groups excluding carboxylic acids is 1. The zero-order chi connectivity index (χ0) is 20.6. The van der Waals surface area contributed by atoms with Crippen LogP contribution in [0.15, 0.2) is 54.7 Å². The largest absolute Gasteiger partial charge is 0.493 e. The van der Waals surface area contributed by atoms with E-state index in [0.29, 0.717) is 41.1 Å². The fraction of sp³-hybridized carbons (Fsp3) is 0.190. The van der Waals surface area contributed by atoms with E-state index in [1.165, 1.54) is 0 Å². The summed E-state index contributed by atoms with van der Waals surface area (Å²) >= 11 is 0. The van der Waals surface area contributed by atoms with Crippen LogP contribution < -0.4 is 20.1 Å². The van der Waals surface area contributed by atoms with Gasteiger partial charge in [0, 0.05) is 18.0 Å². The van der Waals surface area contributed by atoms with Crippen LogP contribution in [0.25, 0.3) is 0 Å². The zero-order valence-corrected chi connectivity index (χ0v) is 16.4. The lowest BCUT2D eigenvalue weighted by molar-refractivity contribution is 0.0527. The second kappa shape index (κ2) is 9.41. The van der Waals surface area contributed by atoms with Gasteiger partial charge in [-0.05, 0) is 37.3 Å². The van der Waals surface area contributed by atoms with Crippen molar-refractivity contribution in [2.45, 2.75) is 6.92 Å². The van der Waals surface area contributed by atoms with Gasteiger partial charge in [0.15, 0.2) is 11.5 Å². The highest BCUT2D eigenvalue weighted by Crippen LogP contribution is 2.31. The highest BCUT2D eigenvalue weighted by atomic mass is 16.5. The highest BCUT2D eigenvalue weighted by Gasteiger charge is 2.13. The lowest BCUT2D eigenvalue weighted by Crippen LogP contribution is -2.09. The summed E-state index contributed by atoms with van der Waals surface area (Å²) in [5.41, 5.74) is 1.75. The number of nitrogens with one attached hydrogen (secondary N) is 2. The van der Waals surface area contributed by atoms with Gasteiger partial charge in [0.25, 0.3) is 0 Å². The van der Waals surface area contributed by atoms with Gasteiger partial charge in [0.1, 0.15) is 5.82 Å². The first-order chi connectivity index (χ1) is 14.1. The van der Waals surface area contributed by atoms with E-state index in [1.807, 2.05) is 18.2 Å². The molecule has 1 heterocycles. The maximum atomic E-state index is 12.1. The van der Waals surface area contributed by atoms with E-state index < -0.39 is 5.97 Å². The molecule has 0 saturated carbocycles. The van der Waals surface area contributed by atoms with Gasteiger partial charge in [0.2, 0.25) is 5.95 Å². The summed E-state index contributed by atoms with van der Waals surface area (Å²) in [6.45, 7) is 2.06. The van der Waals surface area contributed by atoms with Crippen molar-refractivity contribution in [3.63, 3.8) is 0 Å². The summed E-state index contributed by atoms with van der Waals surface area (Å²) in [5, 5.41) is 6.27. The van der Waals surface area contributed by atoms with Gasteiger partial charge >= 0.3 is 5.97 Å². The molecule has 0 radical (unpaired) electrons. The number of ether oxygens (including phenoxy) is 3. The van der Waals surface area contributed by atoms with Crippen LogP contribution in [-0.2, 0) is 4.74 Å². The Morgan fingerprint density at radius 2 is 1.79 bits per heavy atom. The summed E-state index contributed by atoms with van der Waals surface area (Å²) in [6, 6.07) is 14.2. The van der Waals surface area contributed by atoms with Gasteiger partial charge in [-0.1, -0.05) is 12.1 Å². The van der Waals surface area contributed by atoms with Gasteiger partial charge in [-0.15, -0.1) is 0 Å². The van der Waals surface area contributed by atoms with Crippen molar-refractivity contribution in [3.05, 3.63) is 60.3 Å². The van der Waals surface area contributed by atoms with E-state index in [0.717, 1.165) is 5.69 Å². The molecule has 0 fully saturated rings. The lowest BCUT2D eigenvalue weighted by atomic mass is 10.2. The Hall–Kier alpha value is -3.81. The molecule has 0 unspecified atom stereocenters. The SMILES string of the molecule is CCOC(=O)c1ccccc1Nc1nccc(Nc2ccc(OC)c(OC)c2)n1. The monoisotopic (exact) mass is 394 g/mol. The minimum Gasteiger partial charge on any atom is -0.493 e. The van der Waals surface area contributed by atoms with Gasteiger partial charge in [-0.25, -0.2) is 9.78 Å². The highest BCUT2D eigenvalue weighted by molar-refractivity contribution is 5.96. The Balaban J connectivity index is 1.80. The molecule has 29 heavy (non-hydrogen) atoms. The van der Waals surface area contributed by atoms with Crippen LogP contribution in [0.3, 0.4) is 0 Å². The van der Waals surface area contributed by atoms with Crippen LogP contribution in [0.4, 0.5) is 23.1 Å². The maximum absolute atomic E-state index is 12.1. The average molecular weight is 394 g/mol. The number of rotatable bonds is 8. The third-order valence-electron chi connectivity index (χ3n) is 3.98. The minimum absolute atomic E-state index is 0.300. The van der Waals surface area contributed by atoms with Gasteiger partial charge in [-0.3, -0.25) is 0 Å². The van der Waals surface area contributed by atoms with E-state index in [2.05, 4.69) is 20.6 Å². The number of para-hydroxylation sites is 1. The number of hydrogen-bond donors (Lipinski definition) is 2. The van der Waals surface area contributed by atoms with E-state index in [-0.39, 0.29) is 0 Å². The Bertz CT molecular complexity index is 994. The Labute approximate surface area is 168 Å². The van der Waals surface area contributed by atoms with Crippen molar-refractivity contribution in [2.75, 3.05) is 31.5 Å². The molecule has 150 valence electrons. The molecule has 2 N–H and O–H groups in total. The molecular weight excluding hydrogens is 372 g/mol. The number of hydrogen-bond acceptors (Lipinski definition) is 8. The predicted octanol–water partition coefficient (Wildman–Crippen LogP) is 4.16. The minimum atomic E-state index is -0.407. The molecule has 0 aliphatic heterocycles. The molecule has 0 aliphatic carbocycles. The Morgan fingerprint density at radius 3 is 2.55 bits per heavy atom. The third-order valence-corrected chi connectivity index (χ3v) is 3.98. The molecule has 2 aromatic carbocycles. The van der Waals surface area contributed by atoms with Crippen LogP contribution in [0.2, 0.25) is 0 Å². The number of nitrogens with zero attached hydrogens (tertiary/aromatic N) is 2. The molecule has 8 heteroatoms. The zero-order valence-electron chi connectivity index (χ0n) is 16.4. The number of carbonyl (C=O) groups is 1. The fourth-order valence-electron chi connectivity index (χ4n) is 2.65. The van der Waals surface area contributed by atoms with E-state index >= 15 is 0 Å². The lowest BCUT2D eigenvalue weighted by Gasteiger charge is -2.12. The smallest absolute Gasteiger partial charge is 0.340 e. The number of anilines is 4. The standard InChI is InChI=1S/C21H22N4O4/c1-4-29-20(26)15-7-5-6-8-16(15)24-21-22-12-11-19(25-21)23-14-9-10-17(27-2)18(13-14)28-3/h5-13H,4H2,1-3H3,(H2,22,23,24,25). The molecule has 1 aromatic heterocycles. The first kappa shape index (κ1) is 19.9. The molecular formula is C21H22N4O4. The second-order valence-electron chi connectivity index (χ2n) is 5.85. The molecule has 0 bridgehead atoms. The quantitative estimate of drug-likeness (QED) is 0.550. The first-order valence-corrected chi connectivity index (χ1v) is 9.00. The number of aromatic nitrogens is 2. The molecule has 0 aliphatic rings. The molecule has 8 nitrogen and oxygen atoms in total. The molecule has 0 amide bonds. The molecule has 3 aromatic rings. The second-order valence-corrected chi connectivity index (χ2v) is 5.85. The molecule has 0 atom stereocenters. The van der Waals surface area contributed by atoms with Gasteiger partial charge < -0.3 is 24.8 Å². The van der Waals surface area contributed by atoms with Gasteiger partial charge in [-0.2, -0.15) is 4.98 Å². The van der Waals surface area contributed by atoms with Crippen LogP contribution in [0, 0.1) is 0 Å². The predicted molar refractivity (Wildman–Crippen MR) is 111 cm³/mol. The van der Waals surface area contributed by atoms with Crippen molar-refractivity contribution < 1.29 is 19.0 Å². The van der Waals surface area contributed by atoms with E-state index in [4.69, 9.17) is 14.2 Å². The number of esters is 1. The Kier molecular flexibility index (Phi) is 6.47. The number of methoxy groups -OCH3 is 2. The van der Waals surface area contributed by atoms with Crippen LogP contribution in [0.1, 0.15) is 17.3 Å². The summed E-state index contributed by atoms with van der Waals surface area (Å²) in [6.07, 6.45) is 1.62. The summed E-state index contributed by atoms with van der Waals surface area (Å²) in [7, 11) is 3.16. The molecule has 3 rings (SSSR count). The number of benzene rings is 2. The van der Waals surface area contributed by atoms with Crippen molar-refractivity contribution >= 4 is 29.1 Å². The maximum Gasteiger partial charge on any atom is 0.340 e. The van der Waals surface area contributed by atoms with Gasteiger partial charge in [0.05, 0.1) is 32.1 Å². The Morgan fingerprint density at radius 1 is 1.00 bits per heavy atom. The van der Waals surface area contributed by atoms with Crippen LogP contribution in [-0.4, -0.2) is 36.8 Å². The van der Waals surface area contributed by atoms with Crippen LogP contribution in [0.5, 0.6) is 11.5 Å².